The zero-order chi connectivity index (χ0) is 21.4. The van der Waals surface area contributed by atoms with Crippen LogP contribution in [0.15, 0.2) is 41.1 Å². The summed E-state index contributed by atoms with van der Waals surface area (Å²) < 4.78 is 8.68. The third kappa shape index (κ3) is 2.57. The average molecular weight is 400 g/mol. The number of hydrogen-bond donors (Lipinski definition) is 0. The number of benzene rings is 2. The Balaban J connectivity index is 1.98. The molecule has 2 aromatic carbocycles. The van der Waals surface area contributed by atoms with E-state index >= 15 is 0 Å². The molecular formula is C27H31N2O+. The molecule has 0 saturated carbocycles. The van der Waals surface area contributed by atoms with E-state index in [1.807, 2.05) is 25.5 Å². The average Bonchev–Trinajstić information content (AvgIpc) is 3.05. The maximum Gasteiger partial charge on any atom is 0.334 e. The van der Waals surface area contributed by atoms with E-state index in [2.05, 4.69) is 64.3 Å². The minimum atomic E-state index is 0.121. The standard InChI is InChI=1S/C27H31N2O/c1-16-15-18-22-20(10-9-19-23(22)27(5,6)12-11-26(19,3)4)30-24(18)21(17(16)2)25-28-13-8-14-29(25)7/h8-10,13-15H,11-12H2,1-7H3/q+1. The predicted molar refractivity (Wildman–Crippen MR) is 123 cm³/mol. The minimum Gasteiger partial charge on any atom is -0.455 e. The number of aromatic nitrogens is 2. The molecule has 2 aromatic heterocycles. The van der Waals surface area contributed by atoms with Crippen molar-refractivity contribution in [3.8, 4) is 11.4 Å². The summed E-state index contributed by atoms with van der Waals surface area (Å²) in [5, 5.41) is 2.51. The molecule has 3 nitrogen and oxygen atoms in total. The Kier molecular flexibility index (Phi) is 3.96. The van der Waals surface area contributed by atoms with E-state index in [0.29, 0.717) is 0 Å². The molecular weight excluding hydrogens is 368 g/mol. The summed E-state index contributed by atoms with van der Waals surface area (Å²) in [7, 11) is 2.05. The Hall–Kier alpha value is -2.68. The van der Waals surface area contributed by atoms with Crippen LogP contribution in [0.4, 0.5) is 0 Å². The number of rotatable bonds is 1. The van der Waals surface area contributed by atoms with Crippen LogP contribution in [0.5, 0.6) is 0 Å². The van der Waals surface area contributed by atoms with Crippen LogP contribution in [0.1, 0.15) is 62.8 Å². The summed E-state index contributed by atoms with van der Waals surface area (Å²) in [5.41, 5.74) is 8.78. The van der Waals surface area contributed by atoms with E-state index < -0.39 is 0 Å². The van der Waals surface area contributed by atoms with Crippen LogP contribution in [-0.2, 0) is 17.9 Å². The fourth-order valence-corrected chi connectivity index (χ4v) is 5.33. The van der Waals surface area contributed by atoms with Gasteiger partial charge in [-0.25, -0.2) is 4.57 Å². The SMILES string of the molecule is Cc1cc2c(oc3ccc4c(c32)C(C)(C)CCC4(C)C)c(-c2nccc[n+]2C)c1C. The van der Waals surface area contributed by atoms with Gasteiger partial charge in [-0.05, 0) is 76.9 Å². The predicted octanol–water partition coefficient (Wildman–Crippen LogP) is 6.44. The lowest BCUT2D eigenvalue weighted by Crippen LogP contribution is -2.33. The first-order valence-electron chi connectivity index (χ1n) is 10.9. The van der Waals surface area contributed by atoms with E-state index in [1.54, 1.807) is 0 Å². The molecule has 0 atom stereocenters. The van der Waals surface area contributed by atoms with Crippen LogP contribution in [-0.4, -0.2) is 4.98 Å². The molecule has 30 heavy (non-hydrogen) atoms. The first-order valence-corrected chi connectivity index (χ1v) is 10.9. The lowest BCUT2D eigenvalue weighted by Gasteiger charge is -2.42. The van der Waals surface area contributed by atoms with E-state index in [1.165, 1.54) is 45.9 Å². The van der Waals surface area contributed by atoms with Crippen LogP contribution in [0, 0.1) is 13.8 Å². The Morgan fingerprint density at radius 2 is 1.77 bits per heavy atom. The highest BCUT2D eigenvalue weighted by Crippen LogP contribution is 2.51. The summed E-state index contributed by atoms with van der Waals surface area (Å²) in [4.78, 5) is 4.71. The van der Waals surface area contributed by atoms with Gasteiger partial charge in [-0.3, -0.25) is 0 Å². The molecule has 0 bridgehead atoms. The second-order valence-electron chi connectivity index (χ2n) is 10.4. The first kappa shape index (κ1) is 19.3. The van der Waals surface area contributed by atoms with Gasteiger partial charge in [-0.2, -0.15) is 0 Å². The van der Waals surface area contributed by atoms with E-state index in [-0.39, 0.29) is 10.8 Å². The van der Waals surface area contributed by atoms with Gasteiger partial charge in [0, 0.05) is 16.8 Å². The summed E-state index contributed by atoms with van der Waals surface area (Å²) in [6.07, 6.45) is 6.30. The van der Waals surface area contributed by atoms with Gasteiger partial charge in [0.15, 0.2) is 5.58 Å². The third-order valence-electron chi connectivity index (χ3n) is 7.38. The van der Waals surface area contributed by atoms with Gasteiger partial charge < -0.3 is 4.42 Å². The van der Waals surface area contributed by atoms with Crippen molar-refractivity contribution in [3.63, 3.8) is 0 Å². The van der Waals surface area contributed by atoms with Crippen molar-refractivity contribution in [1.29, 1.82) is 0 Å². The molecule has 0 aliphatic heterocycles. The van der Waals surface area contributed by atoms with Gasteiger partial charge in [-0.15, -0.1) is 0 Å². The van der Waals surface area contributed by atoms with Gasteiger partial charge in [0.25, 0.3) is 0 Å². The van der Waals surface area contributed by atoms with Gasteiger partial charge in [-0.1, -0.05) is 33.8 Å². The van der Waals surface area contributed by atoms with Crippen LogP contribution >= 0.6 is 0 Å². The van der Waals surface area contributed by atoms with Gasteiger partial charge in [0.1, 0.15) is 17.3 Å². The maximum absolute atomic E-state index is 6.60. The molecule has 0 N–H and O–H groups in total. The lowest BCUT2D eigenvalue weighted by molar-refractivity contribution is -0.663. The Labute approximate surface area is 178 Å². The first-order chi connectivity index (χ1) is 14.1. The third-order valence-corrected chi connectivity index (χ3v) is 7.38. The van der Waals surface area contributed by atoms with Crippen LogP contribution in [0.3, 0.4) is 0 Å². The number of furan rings is 1. The monoisotopic (exact) mass is 399 g/mol. The Bertz CT molecular complexity index is 1320. The molecule has 3 heteroatoms. The summed E-state index contributed by atoms with van der Waals surface area (Å²) >= 11 is 0. The number of fused-ring (bicyclic) bond motifs is 5. The van der Waals surface area contributed by atoms with Crippen LogP contribution < -0.4 is 4.57 Å². The van der Waals surface area contributed by atoms with Crippen molar-refractivity contribution in [3.05, 3.63) is 58.9 Å². The molecule has 0 fully saturated rings. The fourth-order valence-electron chi connectivity index (χ4n) is 5.33. The molecule has 4 aromatic rings. The lowest BCUT2D eigenvalue weighted by atomic mass is 9.62. The van der Waals surface area contributed by atoms with Crippen molar-refractivity contribution in [2.45, 2.75) is 65.2 Å². The Morgan fingerprint density at radius 1 is 1.03 bits per heavy atom. The molecule has 1 aliphatic rings. The van der Waals surface area contributed by atoms with Crippen molar-refractivity contribution in [2.24, 2.45) is 7.05 Å². The summed E-state index contributed by atoms with van der Waals surface area (Å²) in [6.45, 7) is 13.9. The molecule has 154 valence electrons. The van der Waals surface area contributed by atoms with E-state index in [4.69, 9.17) is 9.40 Å². The molecule has 0 spiro atoms. The molecule has 1 aliphatic carbocycles. The summed E-state index contributed by atoms with van der Waals surface area (Å²) in [6, 6.07) is 8.78. The second kappa shape index (κ2) is 6.16. The smallest absolute Gasteiger partial charge is 0.334 e. The normalized spacial score (nSPS) is 17.4. The molecule has 0 saturated heterocycles. The maximum atomic E-state index is 6.60. The quantitative estimate of drug-likeness (QED) is 0.345. The molecule has 0 radical (unpaired) electrons. The zero-order valence-corrected chi connectivity index (χ0v) is 19.2. The van der Waals surface area contributed by atoms with Gasteiger partial charge in [0.2, 0.25) is 0 Å². The second-order valence-corrected chi connectivity index (χ2v) is 10.4. The highest BCUT2D eigenvalue weighted by Gasteiger charge is 2.39. The molecule has 0 unspecified atom stereocenters. The minimum absolute atomic E-state index is 0.121. The van der Waals surface area contributed by atoms with Crippen molar-refractivity contribution < 1.29 is 8.98 Å². The summed E-state index contributed by atoms with van der Waals surface area (Å²) in [5.74, 6) is 0.941. The topological polar surface area (TPSA) is 29.9 Å². The fraction of sp³-hybridized carbons (Fsp3) is 0.407. The van der Waals surface area contributed by atoms with Crippen LogP contribution in [0.25, 0.3) is 33.3 Å². The van der Waals surface area contributed by atoms with Gasteiger partial charge >= 0.3 is 5.82 Å². The number of nitrogens with zero attached hydrogens (tertiary/aromatic N) is 2. The van der Waals surface area contributed by atoms with Gasteiger partial charge in [0.05, 0.1) is 13.2 Å². The van der Waals surface area contributed by atoms with Crippen molar-refractivity contribution in [1.82, 2.24) is 4.98 Å². The number of aryl methyl sites for hydroxylation is 2. The highest BCUT2D eigenvalue weighted by atomic mass is 16.3. The number of hydrogen-bond acceptors (Lipinski definition) is 2. The molecule has 2 heterocycles. The van der Waals surface area contributed by atoms with Crippen molar-refractivity contribution >= 4 is 21.9 Å². The highest BCUT2D eigenvalue weighted by molar-refractivity contribution is 6.12. The zero-order valence-electron chi connectivity index (χ0n) is 19.2. The van der Waals surface area contributed by atoms with Crippen LogP contribution in [0.2, 0.25) is 0 Å². The molecule has 0 amide bonds. The molecule has 5 rings (SSSR count). The van der Waals surface area contributed by atoms with E-state index in [9.17, 15) is 0 Å². The Morgan fingerprint density at radius 3 is 2.50 bits per heavy atom. The largest absolute Gasteiger partial charge is 0.455 e. The van der Waals surface area contributed by atoms with E-state index in [0.717, 1.165) is 22.6 Å². The van der Waals surface area contributed by atoms with Crippen molar-refractivity contribution in [2.75, 3.05) is 0 Å².